The maximum absolute atomic E-state index is 11.4. The van der Waals surface area contributed by atoms with Gasteiger partial charge in [0.1, 0.15) is 5.82 Å². The van der Waals surface area contributed by atoms with Crippen molar-refractivity contribution in [1.82, 2.24) is 9.97 Å². The van der Waals surface area contributed by atoms with E-state index in [9.17, 15) is 9.90 Å². The summed E-state index contributed by atoms with van der Waals surface area (Å²) in [6.07, 6.45) is 4.65. The van der Waals surface area contributed by atoms with Crippen molar-refractivity contribution in [3.05, 3.63) is 18.1 Å². The number of methoxy groups -OCH3 is 1. The second-order valence-corrected chi connectivity index (χ2v) is 4.26. The van der Waals surface area contributed by atoms with Gasteiger partial charge in [-0.1, -0.05) is 0 Å². The normalized spacial score (nSPS) is 19.7. The van der Waals surface area contributed by atoms with Gasteiger partial charge in [-0.25, -0.2) is 14.8 Å². The van der Waals surface area contributed by atoms with Gasteiger partial charge < -0.3 is 14.7 Å². The summed E-state index contributed by atoms with van der Waals surface area (Å²) in [6, 6.07) is 1.82. The van der Waals surface area contributed by atoms with Crippen molar-refractivity contribution in [3.63, 3.8) is 0 Å². The minimum absolute atomic E-state index is 0.0530. The lowest BCUT2D eigenvalue weighted by molar-refractivity contribution is 0.0586. The van der Waals surface area contributed by atoms with E-state index in [0.29, 0.717) is 5.82 Å². The molecule has 1 aliphatic rings. The number of carbonyl (C=O) groups is 1. The number of piperidine rings is 1. The van der Waals surface area contributed by atoms with Crippen LogP contribution in [0.3, 0.4) is 0 Å². The smallest absolute Gasteiger partial charge is 0.376 e. The zero-order valence-corrected chi connectivity index (χ0v) is 10.4. The quantitative estimate of drug-likeness (QED) is 0.793. The molecule has 2 rings (SSSR count). The Labute approximate surface area is 106 Å². The predicted octanol–water partition coefficient (Wildman–Crippen LogP) is 0.614. The summed E-state index contributed by atoms with van der Waals surface area (Å²) in [6.45, 7) is 0.931. The standard InChI is InChI=1S/C12H17N3O3/c1-18-12(17)11-13-6-5-10(14-11)15-7-3-2-4-9(15)8-16/h5-6,9,16H,2-4,7-8H2,1H3. The molecule has 6 nitrogen and oxygen atoms in total. The van der Waals surface area contributed by atoms with Crippen molar-refractivity contribution < 1.29 is 14.6 Å². The van der Waals surface area contributed by atoms with Gasteiger partial charge in [0.05, 0.1) is 19.8 Å². The lowest BCUT2D eigenvalue weighted by Gasteiger charge is -2.35. The molecule has 1 N–H and O–H groups in total. The summed E-state index contributed by atoms with van der Waals surface area (Å²) in [7, 11) is 1.30. The van der Waals surface area contributed by atoms with E-state index < -0.39 is 5.97 Å². The Morgan fingerprint density at radius 1 is 1.61 bits per heavy atom. The largest absolute Gasteiger partial charge is 0.463 e. The van der Waals surface area contributed by atoms with Crippen LogP contribution in [-0.4, -0.2) is 47.3 Å². The maximum Gasteiger partial charge on any atom is 0.376 e. The molecule has 1 fully saturated rings. The zero-order valence-electron chi connectivity index (χ0n) is 10.4. The van der Waals surface area contributed by atoms with Crippen LogP contribution in [0.4, 0.5) is 5.82 Å². The molecule has 1 unspecified atom stereocenters. The fraction of sp³-hybridized carbons (Fsp3) is 0.583. The molecule has 1 aliphatic heterocycles. The zero-order chi connectivity index (χ0) is 13.0. The highest BCUT2D eigenvalue weighted by Crippen LogP contribution is 2.22. The van der Waals surface area contributed by atoms with Gasteiger partial charge >= 0.3 is 5.97 Å². The number of hydrogen-bond acceptors (Lipinski definition) is 6. The van der Waals surface area contributed by atoms with Crippen LogP contribution in [0.5, 0.6) is 0 Å². The fourth-order valence-electron chi connectivity index (χ4n) is 2.19. The summed E-state index contributed by atoms with van der Waals surface area (Å²) >= 11 is 0. The van der Waals surface area contributed by atoms with E-state index in [1.54, 1.807) is 6.07 Å². The molecule has 0 bridgehead atoms. The fourth-order valence-corrected chi connectivity index (χ4v) is 2.19. The molecular formula is C12H17N3O3. The highest BCUT2D eigenvalue weighted by atomic mass is 16.5. The van der Waals surface area contributed by atoms with E-state index in [1.807, 2.05) is 4.90 Å². The number of nitrogens with zero attached hydrogens (tertiary/aromatic N) is 3. The van der Waals surface area contributed by atoms with Crippen molar-refractivity contribution in [1.29, 1.82) is 0 Å². The third-order valence-electron chi connectivity index (χ3n) is 3.14. The van der Waals surface area contributed by atoms with Gasteiger partial charge in [-0.2, -0.15) is 0 Å². The van der Waals surface area contributed by atoms with Gasteiger partial charge in [0.25, 0.3) is 0 Å². The first kappa shape index (κ1) is 12.8. The molecule has 0 saturated carbocycles. The minimum Gasteiger partial charge on any atom is -0.463 e. The third kappa shape index (κ3) is 2.59. The second kappa shape index (κ2) is 5.77. The highest BCUT2D eigenvalue weighted by molar-refractivity contribution is 5.85. The van der Waals surface area contributed by atoms with Gasteiger partial charge in [-0.3, -0.25) is 0 Å². The number of hydrogen-bond donors (Lipinski definition) is 1. The summed E-state index contributed by atoms with van der Waals surface area (Å²) in [5.41, 5.74) is 0. The predicted molar refractivity (Wildman–Crippen MR) is 65.4 cm³/mol. The molecule has 18 heavy (non-hydrogen) atoms. The number of aliphatic hydroxyl groups excluding tert-OH is 1. The van der Waals surface area contributed by atoms with E-state index in [2.05, 4.69) is 14.7 Å². The third-order valence-corrected chi connectivity index (χ3v) is 3.14. The van der Waals surface area contributed by atoms with Crippen molar-refractivity contribution in [2.24, 2.45) is 0 Å². The molecule has 0 spiro atoms. The molecule has 1 aromatic heterocycles. The molecule has 0 aliphatic carbocycles. The summed E-state index contributed by atoms with van der Waals surface area (Å²) < 4.78 is 4.60. The van der Waals surface area contributed by atoms with E-state index in [0.717, 1.165) is 25.8 Å². The molecule has 1 atom stereocenters. The number of aromatic nitrogens is 2. The highest BCUT2D eigenvalue weighted by Gasteiger charge is 2.23. The van der Waals surface area contributed by atoms with Crippen molar-refractivity contribution in [2.75, 3.05) is 25.2 Å². The second-order valence-electron chi connectivity index (χ2n) is 4.26. The number of carbonyl (C=O) groups excluding carboxylic acids is 1. The van der Waals surface area contributed by atoms with E-state index in [-0.39, 0.29) is 18.5 Å². The van der Waals surface area contributed by atoms with E-state index in [4.69, 9.17) is 0 Å². The average molecular weight is 251 g/mol. The van der Waals surface area contributed by atoms with Crippen LogP contribution >= 0.6 is 0 Å². The lowest BCUT2D eigenvalue weighted by atomic mass is 10.0. The molecule has 6 heteroatoms. The van der Waals surface area contributed by atoms with Gasteiger partial charge in [0.15, 0.2) is 0 Å². The Morgan fingerprint density at radius 3 is 3.17 bits per heavy atom. The number of esters is 1. The van der Waals surface area contributed by atoms with Gasteiger partial charge in [0, 0.05) is 12.7 Å². The number of rotatable bonds is 3. The Morgan fingerprint density at radius 2 is 2.44 bits per heavy atom. The number of ether oxygens (including phenoxy) is 1. The van der Waals surface area contributed by atoms with Crippen molar-refractivity contribution in [2.45, 2.75) is 25.3 Å². The first-order chi connectivity index (χ1) is 8.76. The first-order valence-corrected chi connectivity index (χ1v) is 6.05. The van der Waals surface area contributed by atoms with Crippen molar-refractivity contribution >= 4 is 11.8 Å². The lowest BCUT2D eigenvalue weighted by Crippen LogP contribution is -2.42. The molecule has 1 aromatic rings. The van der Waals surface area contributed by atoms with Gasteiger partial charge in [-0.05, 0) is 25.3 Å². The summed E-state index contributed by atoms with van der Waals surface area (Å²) in [5, 5.41) is 9.37. The van der Waals surface area contributed by atoms with Gasteiger partial charge in [-0.15, -0.1) is 0 Å². The number of anilines is 1. The van der Waals surface area contributed by atoms with Crippen LogP contribution in [-0.2, 0) is 4.74 Å². The molecule has 2 heterocycles. The SMILES string of the molecule is COC(=O)c1nccc(N2CCCCC2CO)n1. The van der Waals surface area contributed by atoms with E-state index in [1.165, 1.54) is 13.3 Å². The molecule has 0 aromatic carbocycles. The molecule has 0 amide bonds. The van der Waals surface area contributed by atoms with Crippen LogP contribution in [0.1, 0.15) is 29.9 Å². The van der Waals surface area contributed by atoms with Crippen LogP contribution in [0.2, 0.25) is 0 Å². The molecule has 0 radical (unpaired) electrons. The number of aliphatic hydroxyl groups is 1. The summed E-state index contributed by atoms with van der Waals surface area (Å²) in [5.74, 6) is 0.177. The Hall–Kier alpha value is -1.69. The van der Waals surface area contributed by atoms with E-state index >= 15 is 0 Å². The molecular weight excluding hydrogens is 234 g/mol. The molecule has 98 valence electrons. The topological polar surface area (TPSA) is 75.5 Å². The minimum atomic E-state index is -0.547. The Kier molecular flexibility index (Phi) is 4.09. The van der Waals surface area contributed by atoms with Crippen LogP contribution in [0, 0.1) is 0 Å². The molecule has 1 saturated heterocycles. The van der Waals surface area contributed by atoms with Crippen LogP contribution < -0.4 is 4.90 Å². The van der Waals surface area contributed by atoms with Crippen LogP contribution in [0.15, 0.2) is 12.3 Å². The summed E-state index contributed by atoms with van der Waals surface area (Å²) in [4.78, 5) is 21.5. The monoisotopic (exact) mass is 251 g/mol. The Balaban J connectivity index is 2.23. The first-order valence-electron chi connectivity index (χ1n) is 6.05. The van der Waals surface area contributed by atoms with Crippen LogP contribution in [0.25, 0.3) is 0 Å². The van der Waals surface area contributed by atoms with Gasteiger partial charge in [0.2, 0.25) is 5.82 Å². The average Bonchev–Trinajstić information content (AvgIpc) is 2.46. The maximum atomic E-state index is 11.4. The van der Waals surface area contributed by atoms with Crippen molar-refractivity contribution in [3.8, 4) is 0 Å². The Bertz CT molecular complexity index is 425.